The molecule has 0 saturated carbocycles. The van der Waals surface area contributed by atoms with Gasteiger partial charge in [-0.3, -0.25) is 0 Å². The first kappa shape index (κ1) is 14.0. The molecule has 22 heavy (non-hydrogen) atoms. The van der Waals surface area contributed by atoms with E-state index >= 15 is 0 Å². The first-order chi connectivity index (χ1) is 10.7. The Balaban J connectivity index is 1.92. The second kappa shape index (κ2) is 5.78. The van der Waals surface area contributed by atoms with E-state index in [2.05, 4.69) is 21.4 Å². The Morgan fingerprint density at radius 1 is 1.14 bits per heavy atom. The van der Waals surface area contributed by atoms with Gasteiger partial charge in [0.1, 0.15) is 18.0 Å². The smallest absolute Gasteiger partial charge is 0.137 e. The number of rotatable bonds is 3. The Morgan fingerprint density at radius 2 is 1.91 bits per heavy atom. The van der Waals surface area contributed by atoms with Crippen molar-refractivity contribution in [2.24, 2.45) is 0 Å². The summed E-state index contributed by atoms with van der Waals surface area (Å²) in [4.78, 5) is 8.34. The predicted molar refractivity (Wildman–Crippen MR) is 82.7 cm³/mol. The standard InChI is InChI=1S/C17H13FN4/c1-11(13-4-2-12(9-19)3-5-13)22-17-15-8-14(18)6-7-16(15)20-10-21-17/h2-8,10-11H,1H3,(H,20,21,22). The molecule has 1 aromatic heterocycles. The summed E-state index contributed by atoms with van der Waals surface area (Å²) >= 11 is 0. The van der Waals surface area contributed by atoms with E-state index in [0.717, 1.165) is 5.56 Å². The topological polar surface area (TPSA) is 61.6 Å². The number of hydrogen-bond donors (Lipinski definition) is 1. The number of halogens is 1. The molecule has 0 spiro atoms. The Kier molecular flexibility index (Phi) is 3.67. The van der Waals surface area contributed by atoms with E-state index in [0.29, 0.717) is 22.3 Å². The maximum atomic E-state index is 13.4. The molecule has 5 heteroatoms. The normalized spacial score (nSPS) is 11.9. The largest absolute Gasteiger partial charge is 0.363 e. The number of benzene rings is 2. The summed E-state index contributed by atoms with van der Waals surface area (Å²) in [6.07, 6.45) is 1.45. The van der Waals surface area contributed by atoms with Crippen LogP contribution < -0.4 is 5.32 Å². The second-order valence-electron chi connectivity index (χ2n) is 4.98. The fourth-order valence-corrected chi connectivity index (χ4v) is 2.28. The van der Waals surface area contributed by atoms with Gasteiger partial charge in [-0.05, 0) is 42.8 Å². The summed E-state index contributed by atoms with van der Waals surface area (Å²) in [7, 11) is 0. The summed E-state index contributed by atoms with van der Waals surface area (Å²) in [5, 5.41) is 12.7. The van der Waals surface area contributed by atoms with Gasteiger partial charge in [0.05, 0.1) is 17.1 Å². The third-order valence-electron chi connectivity index (χ3n) is 3.49. The molecule has 3 rings (SSSR count). The highest BCUT2D eigenvalue weighted by Gasteiger charge is 2.10. The van der Waals surface area contributed by atoms with E-state index in [-0.39, 0.29) is 11.9 Å². The molecule has 4 nitrogen and oxygen atoms in total. The van der Waals surface area contributed by atoms with E-state index in [4.69, 9.17) is 5.26 Å². The summed E-state index contributed by atoms with van der Waals surface area (Å²) in [5.74, 6) is 0.262. The van der Waals surface area contributed by atoms with E-state index in [1.807, 2.05) is 19.1 Å². The van der Waals surface area contributed by atoms with Crippen molar-refractivity contribution in [3.8, 4) is 6.07 Å². The molecule has 3 aromatic rings. The van der Waals surface area contributed by atoms with Gasteiger partial charge in [-0.15, -0.1) is 0 Å². The van der Waals surface area contributed by atoms with E-state index < -0.39 is 0 Å². The van der Waals surface area contributed by atoms with Crippen molar-refractivity contribution in [3.05, 3.63) is 65.7 Å². The number of nitrogens with zero attached hydrogens (tertiary/aromatic N) is 3. The van der Waals surface area contributed by atoms with E-state index in [9.17, 15) is 4.39 Å². The molecule has 0 saturated heterocycles. The number of nitrogens with one attached hydrogen (secondary N) is 1. The maximum absolute atomic E-state index is 13.4. The number of fused-ring (bicyclic) bond motifs is 1. The van der Waals surface area contributed by atoms with Gasteiger partial charge in [-0.1, -0.05) is 12.1 Å². The average Bonchev–Trinajstić information content (AvgIpc) is 2.55. The Hall–Kier alpha value is -3.00. The van der Waals surface area contributed by atoms with Crippen LogP contribution in [0.15, 0.2) is 48.8 Å². The van der Waals surface area contributed by atoms with Crippen LogP contribution in [0.3, 0.4) is 0 Å². The zero-order chi connectivity index (χ0) is 15.5. The molecular formula is C17H13FN4. The highest BCUT2D eigenvalue weighted by Crippen LogP contribution is 2.24. The van der Waals surface area contributed by atoms with Crippen molar-refractivity contribution in [3.63, 3.8) is 0 Å². The zero-order valence-corrected chi connectivity index (χ0v) is 11.9. The SMILES string of the molecule is CC(Nc1ncnc2ccc(F)cc12)c1ccc(C#N)cc1. The van der Waals surface area contributed by atoms with Crippen molar-refractivity contribution in [1.29, 1.82) is 5.26 Å². The number of nitriles is 1. The van der Waals surface area contributed by atoms with Crippen molar-refractivity contribution >= 4 is 16.7 Å². The van der Waals surface area contributed by atoms with Gasteiger partial charge in [0.2, 0.25) is 0 Å². The van der Waals surface area contributed by atoms with Gasteiger partial charge in [-0.2, -0.15) is 5.26 Å². The molecule has 2 aromatic carbocycles. The third kappa shape index (κ3) is 2.72. The van der Waals surface area contributed by atoms with Crippen molar-refractivity contribution in [2.45, 2.75) is 13.0 Å². The summed E-state index contributed by atoms with van der Waals surface area (Å²) in [6.45, 7) is 1.98. The van der Waals surface area contributed by atoms with E-state index in [1.165, 1.54) is 18.5 Å². The molecule has 0 aliphatic rings. The number of aromatic nitrogens is 2. The van der Waals surface area contributed by atoms with Gasteiger partial charge in [0.25, 0.3) is 0 Å². The van der Waals surface area contributed by atoms with Crippen LogP contribution in [0, 0.1) is 17.1 Å². The lowest BCUT2D eigenvalue weighted by atomic mass is 10.1. The molecule has 0 aliphatic carbocycles. The first-order valence-corrected chi connectivity index (χ1v) is 6.84. The van der Waals surface area contributed by atoms with Crippen LogP contribution in [0.1, 0.15) is 24.1 Å². The number of hydrogen-bond acceptors (Lipinski definition) is 4. The first-order valence-electron chi connectivity index (χ1n) is 6.84. The molecule has 1 unspecified atom stereocenters. The highest BCUT2D eigenvalue weighted by molar-refractivity contribution is 5.88. The van der Waals surface area contributed by atoms with Crippen molar-refractivity contribution in [2.75, 3.05) is 5.32 Å². The lowest BCUT2D eigenvalue weighted by Gasteiger charge is -2.16. The average molecular weight is 292 g/mol. The van der Waals surface area contributed by atoms with Crippen molar-refractivity contribution < 1.29 is 4.39 Å². The Morgan fingerprint density at radius 3 is 2.64 bits per heavy atom. The zero-order valence-electron chi connectivity index (χ0n) is 11.9. The van der Waals surface area contributed by atoms with Crippen molar-refractivity contribution in [1.82, 2.24) is 9.97 Å². The van der Waals surface area contributed by atoms with Gasteiger partial charge < -0.3 is 5.32 Å². The van der Waals surface area contributed by atoms with Gasteiger partial charge >= 0.3 is 0 Å². The third-order valence-corrected chi connectivity index (χ3v) is 3.49. The molecule has 0 bridgehead atoms. The molecule has 0 amide bonds. The molecule has 1 N–H and O–H groups in total. The molecular weight excluding hydrogens is 279 g/mol. The Labute approximate surface area is 127 Å². The van der Waals surface area contributed by atoms with Crippen LogP contribution >= 0.6 is 0 Å². The van der Waals surface area contributed by atoms with Gasteiger partial charge in [0.15, 0.2) is 0 Å². The molecule has 1 heterocycles. The molecule has 0 radical (unpaired) electrons. The molecule has 0 fully saturated rings. The monoisotopic (exact) mass is 292 g/mol. The molecule has 1 atom stereocenters. The predicted octanol–water partition coefficient (Wildman–Crippen LogP) is 3.81. The van der Waals surface area contributed by atoms with Gasteiger partial charge in [-0.25, -0.2) is 14.4 Å². The van der Waals surface area contributed by atoms with Gasteiger partial charge in [0, 0.05) is 11.4 Å². The minimum atomic E-state index is -0.323. The van der Waals surface area contributed by atoms with Crippen LogP contribution in [0.4, 0.5) is 10.2 Å². The van der Waals surface area contributed by atoms with Crippen LogP contribution in [-0.2, 0) is 0 Å². The minimum Gasteiger partial charge on any atom is -0.363 e. The summed E-state index contributed by atoms with van der Waals surface area (Å²) in [6, 6.07) is 13.8. The fraction of sp³-hybridized carbons (Fsp3) is 0.118. The quantitative estimate of drug-likeness (QED) is 0.797. The van der Waals surface area contributed by atoms with Crippen LogP contribution in [0.2, 0.25) is 0 Å². The lowest BCUT2D eigenvalue weighted by molar-refractivity contribution is 0.629. The Bertz CT molecular complexity index is 853. The minimum absolute atomic E-state index is 0.0332. The van der Waals surface area contributed by atoms with E-state index in [1.54, 1.807) is 18.2 Å². The molecule has 108 valence electrons. The number of anilines is 1. The summed E-state index contributed by atoms with van der Waals surface area (Å²) < 4.78 is 13.4. The molecule has 0 aliphatic heterocycles. The van der Waals surface area contributed by atoms with Crippen LogP contribution in [0.5, 0.6) is 0 Å². The summed E-state index contributed by atoms with van der Waals surface area (Å²) in [5.41, 5.74) is 2.32. The highest BCUT2D eigenvalue weighted by atomic mass is 19.1. The lowest BCUT2D eigenvalue weighted by Crippen LogP contribution is -2.08. The fourth-order valence-electron chi connectivity index (χ4n) is 2.28. The van der Waals surface area contributed by atoms with Crippen LogP contribution in [-0.4, -0.2) is 9.97 Å². The second-order valence-corrected chi connectivity index (χ2v) is 4.98. The van der Waals surface area contributed by atoms with Crippen LogP contribution in [0.25, 0.3) is 10.9 Å². The maximum Gasteiger partial charge on any atom is 0.137 e.